The number of amides is 1. The molecule has 0 aliphatic heterocycles. The van der Waals surface area contributed by atoms with Gasteiger partial charge in [0.25, 0.3) is 5.91 Å². The zero-order chi connectivity index (χ0) is 21.8. The lowest BCUT2D eigenvalue weighted by Crippen LogP contribution is -2.27. The Balaban J connectivity index is 2.19. The molecule has 0 spiro atoms. The summed E-state index contributed by atoms with van der Waals surface area (Å²) in [5, 5.41) is 8.06. The van der Waals surface area contributed by atoms with Crippen LogP contribution < -0.4 is 15.2 Å². The highest BCUT2D eigenvalue weighted by Crippen LogP contribution is 2.25. The van der Waals surface area contributed by atoms with Gasteiger partial charge in [0.05, 0.1) is 15.5 Å². The smallest absolute Gasteiger partial charge is 0.259 e. The number of primary sulfonamides is 1. The molecular formula is C18H23N3O6S2. The van der Waals surface area contributed by atoms with E-state index < -0.39 is 19.9 Å². The number of carbonyl (C=O) groups is 1. The first-order chi connectivity index (χ1) is 13.4. The zero-order valence-corrected chi connectivity index (χ0v) is 17.9. The molecule has 0 aliphatic rings. The molecule has 3 N–H and O–H groups in total. The lowest BCUT2D eigenvalue weighted by atomic mass is 10.2. The predicted molar refractivity (Wildman–Crippen MR) is 109 cm³/mol. The molecule has 2 aromatic carbocycles. The number of rotatable bonds is 8. The summed E-state index contributed by atoms with van der Waals surface area (Å²) in [6.45, 7) is 0.146. The van der Waals surface area contributed by atoms with Crippen LogP contribution in [0.15, 0.2) is 52.3 Å². The van der Waals surface area contributed by atoms with Crippen LogP contribution in [0.1, 0.15) is 5.56 Å². The zero-order valence-electron chi connectivity index (χ0n) is 16.2. The van der Waals surface area contributed by atoms with E-state index in [1.54, 1.807) is 38.4 Å². The molecule has 0 atom stereocenters. The Morgan fingerprint density at radius 2 is 1.79 bits per heavy atom. The minimum absolute atomic E-state index is 0.100. The molecule has 0 fully saturated rings. The van der Waals surface area contributed by atoms with Crippen LogP contribution in [0.2, 0.25) is 0 Å². The number of anilines is 1. The van der Waals surface area contributed by atoms with Gasteiger partial charge in [-0.25, -0.2) is 22.0 Å². The molecule has 0 saturated carbocycles. The highest BCUT2D eigenvalue weighted by Gasteiger charge is 2.18. The number of nitrogens with one attached hydrogen (secondary N) is 1. The Bertz CT molecular complexity index is 1110. The minimum atomic E-state index is -4.03. The van der Waals surface area contributed by atoms with Gasteiger partial charge in [0, 0.05) is 26.9 Å². The van der Waals surface area contributed by atoms with Crippen molar-refractivity contribution in [2.75, 3.05) is 32.3 Å². The number of ether oxygens (including phenoxy) is 1. The molecule has 9 nitrogen and oxygen atoms in total. The minimum Gasteiger partial charge on any atom is -0.484 e. The van der Waals surface area contributed by atoms with Crippen LogP contribution in [0.3, 0.4) is 0 Å². The second-order valence-electron chi connectivity index (χ2n) is 6.55. The first-order valence-electron chi connectivity index (χ1n) is 8.40. The topological polar surface area (TPSA) is 136 Å². The standard InChI is InChI=1S/C18H23N3O6S2/c1-21(2)18(22)12-27-14-6-4-5-13(9-14)11-20-16-8-7-15(29(19,25)26)10-17(16)28(3,23)24/h4-10,20H,11-12H2,1-3H3,(H2,19,25,26). The van der Waals surface area contributed by atoms with E-state index >= 15 is 0 Å². The van der Waals surface area contributed by atoms with Gasteiger partial charge in [-0.3, -0.25) is 4.79 Å². The van der Waals surface area contributed by atoms with E-state index in [4.69, 9.17) is 9.88 Å². The molecule has 0 aliphatic carbocycles. The van der Waals surface area contributed by atoms with E-state index in [9.17, 15) is 21.6 Å². The highest BCUT2D eigenvalue weighted by molar-refractivity contribution is 7.91. The summed E-state index contributed by atoms with van der Waals surface area (Å²) in [7, 11) is -4.48. The molecule has 158 valence electrons. The Kier molecular flexibility index (Phi) is 6.88. The third-order valence-corrected chi connectivity index (χ3v) is 5.97. The van der Waals surface area contributed by atoms with Crippen LogP contribution in [0, 0.1) is 0 Å². The third kappa shape index (κ3) is 6.44. The number of sulfone groups is 1. The van der Waals surface area contributed by atoms with Crippen LogP contribution in [-0.4, -0.2) is 54.6 Å². The molecule has 0 unspecified atom stereocenters. The van der Waals surface area contributed by atoms with Crippen LogP contribution in [0.5, 0.6) is 5.75 Å². The quantitative estimate of drug-likeness (QED) is 0.619. The summed E-state index contributed by atoms with van der Waals surface area (Å²) >= 11 is 0. The van der Waals surface area contributed by atoms with E-state index in [-0.39, 0.29) is 34.5 Å². The van der Waals surface area contributed by atoms with Gasteiger partial charge in [0.15, 0.2) is 16.4 Å². The van der Waals surface area contributed by atoms with E-state index in [2.05, 4.69) is 5.32 Å². The Labute approximate surface area is 170 Å². The van der Waals surface area contributed by atoms with Crippen molar-refractivity contribution in [3.8, 4) is 5.75 Å². The lowest BCUT2D eigenvalue weighted by molar-refractivity contribution is -0.130. The first kappa shape index (κ1) is 22.7. The van der Waals surface area contributed by atoms with E-state index in [0.29, 0.717) is 5.75 Å². The maximum Gasteiger partial charge on any atom is 0.259 e. The fourth-order valence-electron chi connectivity index (χ4n) is 2.35. The summed E-state index contributed by atoms with van der Waals surface area (Å²) < 4.78 is 52.6. The van der Waals surface area contributed by atoms with Gasteiger partial charge in [0.2, 0.25) is 10.0 Å². The van der Waals surface area contributed by atoms with Gasteiger partial charge >= 0.3 is 0 Å². The Hall–Kier alpha value is -2.63. The number of likely N-dealkylation sites (N-methyl/N-ethyl adjacent to an activating group) is 1. The molecule has 0 heterocycles. The van der Waals surface area contributed by atoms with E-state index in [0.717, 1.165) is 17.9 Å². The fraction of sp³-hybridized carbons (Fsp3) is 0.278. The van der Waals surface area contributed by atoms with Crippen molar-refractivity contribution in [1.82, 2.24) is 4.90 Å². The van der Waals surface area contributed by atoms with Gasteiger partial charge in [-0.1, -0.05) is 12.1 Å². The van der Waals surface area contributed by atoms with Gasteiger partial charge in [-0.15, -0.1) is 0 Å². The molecule has 29 heavy (non-hydrogen) atoms. The van der Waals surface area contributed by atoms with Crippen molar-refractivity contribution in [3.63, 3.8) is 0 Å². The van der Waals surface area contributed by atoms with Gasteiger partial charge in [-0.2, -0.15) is 0 Å². The number of hydrogen-bond acceptors (Lipinski definition) is 7. The Morgan fingerprint density at radius 1 is 1.10 bits per heavy atom. The summed E-state index contributed by atoms with van der Waals surface area (Å²) in [6.07, 6.45) is 0.983. The molecule has 0 radical (unpaired) electrons. The molecule has 1 amide bonds. The normalized spacial score (nSPS) is 11.7. The number of benzene rings is 2. The van der Waals surface area contributed by atoms with Gasteiger partial charge < -0.3 is 15.0 Å². The van der Waals surface area contributed by atoms with Crippen molar-refractivity contribution in [2.24, 2.45) is 5.14 Å². The van der Waals surface area contributed by atoms with Crippen LogP contribution >= 0.6 is 0 Å². The van der Waals surface area contributed by atoms with Crippen molar-refractivity contribution >= 4 is 31.5 Å². The molecule has 0 saturated heterocycles. The van der Waals surface area contributed by atoms with Gasteiger partial charge in [0.1, 0.15) is 5.75 Å². The Morgan fingerprint density at radius 3 is 2.38 bits per heavy atom. The number of nitrogens with two attached hydrogens (primary N) is 1. The fourth-order valence-corrected chi connectivity index (χ4v) is 3.84. The highest BCUT2D eigenvalue weighted by atomic mass is 32.2. The number of hydrogen-bond donors (Lipinski definition) is 2. The first-order valence-corrected chi connectivity index (χ1v) is 11.8. The third-order valence-electron chi connectivity index (χ3n) is 3.92. The maximum absolute atomic E-state index is 12.1. The van der Waals surface area contributed by atoms with Crippen molar-refractivity contribution in [2.45, 2.75) is 16.3 Å². The monoisotopic (exact) mass is 441 g/mol. The SMILES string of the molecule is CN(C)C(=O)COc1cccc(CNc2ccc(S(N)(=O)=O)cc2S(C)(=O)=O)c1. The maximum atomic E-state index is 12.1. The summed E-state index contributed by atoms with van der Waals surface area (Å²) in [5.74, 6) is 0.314. The summed E-state index contributed by atoms with van der Waals surface area (Å²) in [5.41, 5.74) is 1.02. The average molecular weight is 442 g/mol. The largest absolute Gasteiger partial charge is 0.484 e. The molecule has 2 rings (SSSR count). The number of nitrogens with zero attached hydrogens (tertiary/aromatic N) is 1. The summed E-state index contributed by atoms with van der Waals surface area (Å²) in [6, 6.07) is 10.6. The molecule has 0 bridgehead atoms. The van der Waals surface area contributed by atoms with Crippen LogP contribution in [0.4, 0.5) is 5.69 Å². The summed E-state index contributed by atoms with van der Waals surface area (Å²) in [4.78, 5) is 12.6. The molecular weight excluding hydrogens is 418 g/mol. The lowest BCUT2D eigenvalue weighted by Gasteiger charge is -2.14. The molecule has 0 aromatic heterocycles. The van der Waals surface area contributed by atoms with Crippen LogP contribution in [-0.2, 0) is 31.2 Å². The van der Waals surface area contributed by atoms with E-state index in [1.807, 2.05) is 0 Å². The molecule has 11 heteroatoms. The number of carbonyl (C=O) groups excluding carboxylic acids is 1. The van der Waals surface area contributed by atoms with Crippen LogP contribution in [0.25, 0.3) is 0 Å². The van der Waals surface area contributed by atoms with Gasteiger partial charge in [-0.05, 0) is 35.9 Å². The average Bonchev–Trinajstić information content (AvgIpc) is 2.63. The van der Waals surface area contributed by atoms with Crippen molar-refractivity contribution in [3.05, 3.63) is 48.0 Å². The second kappa shape index (κ2) is 8.80. The second-order valence-corrected chi connectivity index (χ2v) is 10.1. The number of sulfonamides is 1. The predicted octanol–water partition coefficient (Wildman–Crippen LogP) is 0.817. The molecule has 2 aromatic rings. The van der Waals surface area contributed by atoms with Crippen molar-refractivity contribution < 1.29 is 26.4 Å². The van der Waals surface area contributed by atoms with E-state index in [1.165, 1.54) is 17.0 Å². The van der Waals surface area contributed by atoms with Crippen molar-refractivity contribution in [1.29, 1.82) is 0 Å².